The second-order valence-corrected chi connectivity index (χ2v) is 9.85. The number of thioether (sulfide) groups is 1. The van der Waals surface area contributed by atoms with Gasteiger partial charge in [-0.25, -0.2) is 9.36 Å². The van der Waals surface area contributed by atoms with Gasteiger partial charge >= 0.3 is 6.09 Å². The fourth-order valence-corrected chi connectivity index (χ4v) is 5.46. The third-order valence-electron chi connectivity index (χ3n) is 5.26. The lowest BCUT2D eigenvalue weighted by atomic mass is 9.94. The molecule has 0 aliphatic carbocycles. The van der Waals surface area contributed by atoms with E-state index in [0.29, 0.717) is 21.5 Å². The molecule has 1 aliphatic rings. The molecule has 0 radical (unpaired) electrons. The van der Waals surface area contributed by atoms with Gasteiger partial charge in [0.05, 0.1) is 10.5 Å². The number of aliphatic hydroxyl groups excluding tert-OH is 1. The normalized spacial score (nSPS) is 21.0. The average molecular weight is 441 g/mol. The first-order valence-electron chi connectivity index (χ1n) is 10.00. The summed E-state index contributed by atoms with van der Waals surface area (Å²) in [5.74, 6) is 0. The lowest BCUT2D eigenvalue weighted by Gasteiger charge is -2.30. The summed E-state index contributed by atoms with van der Waals surface area (Å²) < 4.78 is 7.05. The minimum Gasteiger partial charge on any atom is -0.443 e. The molecule has 3 atom stereocenters. The second-order valence-electron chi connectivity index (χ2n) is 8.72. The van der Waals surface area contributed by atoms with Crippen LogP contribution in [-0.4, -0.2) is 32.3 Å². The van der Waals surface area contributed by atoms with Crippen LogP contribution in [-0.2, 0) is 4.74 Å². The number of benzene rings is 2. The molecule has 2 heterocycles. The van der Waals surface area contributed by atoms with Gasteiger partial charge in [0.2, 0.25) is 0 Å². The number of rotatable bonds is 2. The first kappa shape index (κ1) is 21.4. The summed E-state index contributed by atoms with van der Waals surface area (Å²) >= 11 is 1.22. The standard InChI is InChI=1S/C23H24N2O5S/c1-13-9-11-14(12-10-13)20-18(25(28)29)19(26)17-15-7-5-6-8-16(15)24(21(17)31-20)22(27)30-23(2,3)4/h5-12,18-20,26H,1-4H3/t18-,19-,20+/m0/s1. The van der Waals surface area contributed by atoms with Crippen molar-refractivity contribution in [2.75, 3.05) is 0 Å². The summed E-state index contributed by atoms with van der Waals surface area (Å²) in [7, 11) is 0. The number of nitrogens with zero attached hydrogens (tertiary/aromatic N) is 2. The highest BCUT2D eigenvalue weighted by molar-refractivity contribution is 7.99. The van der Waals surface area contributed by atoms with E-state index in [4.69, 9.17) is 4.74 Å². The fraction of sp³-hybridized carbons (Fsp3) is 0.348. The topological polar surface area (TPSA) is 94.6 Å². The summed E-state index contributed by atoms with van der Waals surface area (Å²) in [4.78, 5) is 24.7. The minimum absolute atomic E-state index is 0.400. The van der Waals surface area contributed by atoms with Crippen molar-refractivity contribution in [2.45, 2.75) is 55.7 Å². The molecule has 7 nitrogen and oxygen atoms in total. The van der Waals surface area contributed by atoms with E-state index >= 15 is 0 Å². The Kier molecular flexibility index (Phi) is 5.31. The van der Waals surface area contributed by atoms with Gasteiger partial charge in [-0.3, -0.25) is 10.1 Å². The van der Waals surface area contributed by atoms with Gasteiger partial charge in [0.25, 0.3) is 6.04 Å². The number of para-hydroxylation sites is 1. The number of fused-ring (bicyclic) bond motifs is 3. The van der Waals surface area contributed by atoms with Gasteiger partial charge in [0, 0.05) is 15.9 Å². The Bertz CT molecular complexity index is 1160. The molecule has 0 spiro atoms. The van der Waals surface area contributed by atoms with E-state index in [1.54, 1.807) is 45.0 Å². The molecule has 162 valence electrons. The van der Waals surface area contributed by atoms with Crippen LogP contribution in [0.3, 0.4) is 0 Å². The second kappa shape index (κ2) is 7.69. The molecule has 0 fully saturated rings. The largest absolute Gasteiger partial charge is 0.443 e. The molecule has 4 rings (SSSR count). The summed E-state index contributed by atoms with van der Waals surface area (Å²) in [6.07, 6.45) is -1.95. The average Bonchev–Trinajstić information content (AvgIpc) is 3.01. The lowest BCUT2D eigenvalue weighted by molar-refractivity contribution is -0.536. The molecular weight excluding hydrogens is 416 g/mol. The van der Waals surface area contributed by atoms with Gasteiger partial charge in [0.15, 0.2) is 6.10 Å². The van der Waals surface area contributed by atoms with E-state index in [0.717, 1.165) is 11.1 Å². The van der Waals surface area contributed by atoms with Crippen molar-refractivity contribution in [3.8, 4) is 0 Å². The third-order valence-corrected chi connectivity index (χ3v) is 6.69. The van der Waals surface area contributed by atoms with Gasteiger partial charge < -0.3 is 9.84 Å². The molecule has 1 N–H and O–H groups in total. The molecule has 31 heavy (non-hydrogen) atoms. The first-order valence-corrected chi connectivity index (χ1v) is 10.9. The maximum atomic E-state index is 13.1. The molecule has 0 amide bonds. The monoisotopic (exact) mass is 440 g/mol. The van der Waals surface area contributed by atoms with E-state index in [1.165, 1.54) is 16.3 Å². The van der Waals surface area contributed by atoms with Crippen LogP contribution >= 0.6 is 11.8 Å². The van der Waals surface area contributed by atoms with Crippen LogP contribution < -0.4 is 0 Å². The molecule has 0 saturated heterocycles. The zero-order chi connectivity index (χ0) is 22.5. The number of carbonyl (C=O) groups excluding carboxylic acids is 1. The van der Waals surface area contributed by atoms with Gasteiger partial charge in [-0.15, -0.1) is 0 Å². The Morgan fingerprint density at radius 3 is 2.42 bits per heavy atom. The quantitative estimate of drug-likeness (QED) is 0.431. The summed E-state index contributed by atoms with van der Waals surface area (Å²) in [5, 5.41) is 23.6. The Labute approximate surface area is 184 Å². The van der Waals surface area contributed by atoms with Crippen molar-refractivity contribution < 1.29 is 19.6 Å². The van der Waals surface area contributed by atoms with E-state index in [2.05, 4.69) is 0 Å². The SMILES string of the molecule is Cc1ccc([C@H]2Sc3c(c4ccccc4n3C(=O)OC(C)(C)C)[C@H](O)[C@@H]2[N+](=O)[O-])cc1. The zero-order valence-corrected chi connectivity index (χ0v) is 18.6. The number of hydrogen-bond donors (Lipinski definition) is 1. The Morgan fingerprint density at radius 1 is 1.16 bits per heavy atom. The van der Waals surface area contributed by atoms with E-state index in [1.807, 2.05) is 31.2 Å². The van der Waals surface area contributed by atoms with Crippen LogP contribution in [0.5, 0.6) is 0 Å². The Morgan fingerprint density at radius 2 is 1.81 bits per heavy atom. The third kappa shape index (κ3) is 3.81. The minimum atomic E-state index is -1.37. The maximum absolute atomic E-state index is 13.1. The number of carbonyl (C=O) groups is 1. The highest BCUT2D eigenvalue weighted by atomic mass is 32.2. The number of aromatic nitrogens is 1. The number of ether oxygens (including phenoxy) is 1. The van der Waals surface area contributed by atoms with E-state index in [-0.39, 0.29) is 0 Å². The lowest BCUT2D eigenvalue weighted by Crippen LogP contribution is -2.36. The molecule has 1 aliphatic heterocycles. The molecule has 8 heteroatoms. The number of aryl methyl sites for hydroxylation is 1. The van der Waals surface area contributed by atoms with Crippen molar-refractivity contribution in [2.24, 2.45) is 0 Å². The fourth-order valence-electron chi connectivity index (χ4n) is 3.91. The van der Waals surface area contributed by atoms with Crippen LogP contribution in [0, 0.1) is 17.0 Å². The summed E-state index contributed by atoms with van der Waals surface area (Å²) in [5.41, 5.74) is 2.00. The summed E-state index contributed by atoms with van der Waals surface area (Å²) in [6.45, 7) is 7.28. The molecule has 0 saturated carbocycles. The highest BCUT2D eigenvalue weighted by Crippen LogP contribution is 2.53. The van der Waals surface area contributed by atoms with Crippen LogP contribution in [0.15, 0.2) is 53.6 Å². The van der Waals surface area contributed by atoms with Crippen molar-refractivity contribution in [3.63, 3.8) is 0 Å². The van der Waals surface area contributed by atoms with E-state index < -0.39 is 34.0 Å². The van der Waals surface area contributed by atoms with Gasteiger partial charge in [-0.05, 0) is 39.3 Å². The molecular formula is C23H24N2O5S. The number of hydrogen-bond acceptors (Lipinski definition) is 6. The van der Waals surface area contributed by atoms with Crippen molar-refractivity contribution in [1.29, 1.82) is 0 Å². The predicted octanol–water partition coefficient (Wildman–Crippen LogP) is 5.26. The Balaban J connectivity index is 1.93. The molecule has 3 aromatic rings. The van der Waals surface area contributed by atoms with Crippen LogP contribution in [0.25, 0.3) is 10.9 Å². The Hall–Kier alpha value is -2.84. The molecule has 0 unspecified atom stereocenters. The zero-order valence-electron chi connectivity index (χ0n) is 17.7. The maximum Gasteiger partial charge on any atom is 0.419 e. The van der Waals surface area contributed by atoms with Gasteiger partial charge in [-0.1, -0.05) is 59.8 Å². The van der Waals surface area contributed by atoms with E-state index in [9.17, 15) is 20.0 Å². The van der Waals surface area contributed by atoms with Gasteiger partial charge in [0.1, 0.15) is 10.9 Å². The van der Waals surface area contributed by atoms with Crippen molar-refractivity contribution >= 4 is 28.8 Å². The predicted molar refractivity (Wildman–Crippen MR) is 119 cm³/mol. The summed E-state index contributed by atoms with van der Waals surface area (Å²) in [6, 6.07) is 13.3. The molecule has 2 aromatic carbocycles. The van der Waals surface area contributed by atoms with Crippen LogP contribution in [0.4, 0.5) is 4.79 Å². The van der Waals surface area contributed by atoms with Crippen molar-refractivity contribution in [1.82, 2.24) is 4.57 Å². The molecule has 0 bridgehead atoms. The van der Waals surface area contributed by atoms with Gasteiger partial charge in [-0.2, -0.15) is 0 Å². The first-order chi connectivity index (χ1) is 14.6. The van der Waals surface area contributed by atoms with Crippen LogP contribution in [0.2, 0.25) is 0 Å². The number of aliphatic hydroxyl groups is 1. The molecule has 1 aromatic heterocycles. The highest BCUT2D eigenvalue weighted by Gasteiger charge is 2.49. The van der Waals surface area contributed by atoms with Crippen molar-refractivity contribution in [3.05, 3.63) is 75.3 Å². The smallest absolute Gasteiger partial charge is 0.419 e. The number of nitro groups is 1. The van der Waals surface area contributed by atoms with Crippen LogP contribution in [0.1, 0.15) is 48.8 Å².